The highest BCUT2D eigenvalue weighted by Gasteiger charge is 2.34. The van der Waals surface area contributed by atoms with Crippen molar-refractivity contribution in [2.45, 2.75) is 31.8 Å². The fraction of sp³-hybridized carbons (Fsp3) is 0.750. The Balaban J connectivity index is 1.80. The molecule has 2 unspecified atom stereocenters. The molecule has 3 heterocycles. The van der Waals surface area contributed by atoms with Crippen molar-refractivity contribution in [2.24, 2.45) is 7.05 Å². The van der Waals surface area contributed by atoms with E-state index in [1.165, 1.54) is 38.2 Å². The molecule has 2 aliphatic rings. The van der Waals surface area contributed by atoms with Crippen molar-refractivity contribution in [3.63, 3.8) is 0 Å². The third kappa shape index (κ3) is 1.61. The number of fused-ring (bicyclic) bond motifs is 1. The average molecular weight is 220 g/mol. The molecule has 1 aromatic heterocycles. The van der Waals surface area contributed by atoms with Crippen LogP contribution in [0, 0.1) is 0 Å². The molecular formula is C12H20N4. The molecular weight excluding hydrogens is 200 g/mol. The smallest absolute Gasteiger partial charge is 0.0755 e. The zero-order valence-corrected chi connectivity index (χ0v) is 10.1. The van der Waals surface area contributed by atoms with Crippen LogP contribution < -0.4 is 4.90 Å². The molecule has 88 valence electrons. The van der Waals surface area contributed by atoms with Gasteiger partial charge in [0.05, 0.1) is 11.9 Å². The molecule has 0 amide bonds. The van der Waals surface area contributed by atoms with Gasteiger partial charge in [-0.15, -0.1) is 0 Å². The number of anilines is 1. The summed E-state index contributed by atoms with van der Waals surface area (Å²) in [5.41, 5.74) is 1.28. The normalized spacial score (nSPS) is 30.8. The molecule has 0 aromatic carbocycles. The molecule has 0 aliphatic carbocycles. The van der Waals surface area contributed by atoms with Gasteiger partial charge in [-0.1, -0.05) is 0 Å². The molecule has 0 saturated carbocycles. The summed E-state index contributed by atoms with van der Waals surface area (Å²) in [6.45, 7) is 6.00. The van der Waals surface area contributed by atoms with Crippen LogP contribution in [0.3, 0.4) is 0 Å². The minimum atomic E-state index is 0.610. The van der Waals surface area contributed by atoms with Crippen LogP contribution in [0.5, 0.6) is 0 Å². The molecule has 16 heavy (non-hydrogen) atoms. The summed E-state index contributed by atoms with van der Waals surface area (Å²) in [5, 5.41) is 4.27. The third-order valence-electron chi connectivity index (χ3n) is 3.96. The van der Waals surface area contributed by atoms with E-state index in [2.05, 4.69) is 28.0 Å². The lowest BCUT2D eigenvalue weighted by Gasteiger charge is -2.43. The maximum absolute atomic E-state index is 4.27. The number of aryl methyl sites for hydroxylation is 1. The van der Waals surface area contributed by atoms with Crippen molar-refractivity contribution in [3.8, 4) is 0 Å². The third-order valence-corrected chi connectivity index (χ3v) is 3.96. The number of aromatic nitrogens is 2. The van der Waals surface area contributed by atoms with Gasteiger partial charge in [0.25, 0.3) is 0 Å². The van der Waals surface area contributed by atoms with Gasteiger partial charge >= 0.3 is 0 Å². The maximum atomic E-state index is 4.27. The molecule has 0 bridgehead atoms. The summed E-state index contributed by atoms with van der Waals surface area (Å²) in [6, 6.07) is 1.38. The van der Waals surface area contributed by atoms with Crippen molar-refractivity contribution in [1.29, 1.82) is 0 Å². The lowest BCUT2D eigenvalue weighted by Crippen LogP contribution is -2.55. The van der Waals surface area contributed by atoms with Crippen LogP contribution in [0.4, 0.5) is 5.69 Å². The molecule has 4 nitrogen and oxygen atoms in total. The first kappa shape index (κ1) is 10.1. The second-order valence-electron chi connectivity index (χ2n) is 5.16. The highest BCUT2D eigenvalue weighted by atomic mass is 15.3. The van der Waals surface area contributed by atoms with E-state index in [1.54, 1.807) is 0 Å². The van der Waals surface area contributed by atoms with Gasteiger partial charge in [0.1, 0.15) is 0 Å². The number of rotatable bonds is 1. The monoisotopic (exact) mass is 220 g/mol. The van der Waals surface area contributed by atoms with E-state index in [-0.39, 0.29) is 0 Å². The van der Waals surface area contributed by atoms with Crippen LogP contribution >= 0.6 is 0 Å². The van der Waals surface area contributed by atoms with Crippen LogP contribution in [0.1, 0.15) is 19.8 Å². The zero-order chi connectivity index (χ0) is 11.1. The molecule has 1 aromatic rings. The van der Waals surface area contributed by atoms with Crippen molar-refractivity contribution in [1.82, 2.24) is 14.7 Å². The van der Waals surface area contributed by atoms with E-state index in [0.717, 1.165) is 6.04 Å². The lowest BCUT2D eigenvalue weighted by molar-refractivity contribution is 0.203. The van der Waals surface area contributed by atoms with Crippen molar-refractivity contribution in [3.05, 3.63) is 12.4 Å². The minimum Gasteiger partial charge on any atom is -0.363 e. The van der Waals surface area contributed by atoms with Crippen molar-refractivity contribution >= 4 is 5.69 Å². The summed E-state index contributed by atoms with van der Waals surface area (Å²) in [4.78, 5) is 5.16. The molecule has 0 N–H and O–H groups in total. The van der Waals surface area contributed by atoms with Crippen LogP contribution in [0.2, 0.25) is 0 Å². The van der Waals surface area contributed by atoms with Gasteiger partial charge in [-0.3, -0.25) is 9.58 Å². The lowest BCUT2D eigenvalue weighted by atomic mass is 10.1. The molecule has 2 saturated heterocycles. The molecule has 0 radical (unpaired) electrons. The predicted octanol–water partition coefficient (Wildman–Crippen LogP) is 1.09. The van der Waals surface area contributed by atoms with Crippen LogP contribution in [-0.4, -0.2) is 46.4 Å². The average Bonchev–Trinajstić information content (AvgIpc) is 2.84. The SMILES string of the molecule is CC1CN2CCCC2CN1c1cnn(C)c1. The molecule has 2 aliphatic heterocycles. The summed E-state index contributed by atoms with van der Waals surface area (Å²) < 4.78 is 1.89. The Morgan fingerprint density at radius 1 is 1.38 bits per heavy atom. The van der Waals surface area contributed by atoms with E-state index in [4.69, 9.17) is 0 Å². The topological polar surface area (TPSA) is 24.3 Å². The molecule has 3 rings (SSSR count). The maximum Gasteiger partial charge on any atom is 0.0755 e. The number of nitrogens with zero attached hydrogens (tertiary/aromatic N) is 4. The Bertz CT molecular complexity index is 373. The van der Waals surface area contributed by atoms with Gasteiger partial charge in [-0.05, 0) is 26.3 Å². The molecule has 2 atom stereocenters. The highest BCUT2D eigenvalue weighted by molar-refractivity contribution is 5.44. The van der Waals surface area contributed by atoms with Crippen molar-refractivity contribution < 1.29 is 0 Å². The van der Waals surface area contributed by atoms with E-state index in [0.29, 0.717) is 6.04 Å². The second kappa shape index (κ2) is 3.77. The van der Waals surface area contributed by atoms with Gasteiger partial charge in [0.15, 0.2) is 0 Å². The Morgan fingerprint density at radius 2 is 2.25 bits per heavy atom. The fourth-order valence-corrected chi connectivity index (χ4v) is 3.10. The number of piperazine rings is 1. The first-order chi connectivity index (χ1) is 7.74. The molecule has 4 heteroatoms. The Morgan fingerprint density at radius 3 is 3.00 bits per heavy atom. The van der Waals surface area contributed by atoms with Gasteiger partial charge < -0.3 is 4.90 Å². The number of hydrogen-bond acceptors (Lipinski definition) is 3. The molecule has 2 fully saturated rings. The van der Waals surface area contributed by atoms with Gasteiger partial charge in [0, 0.05) is 38.4 Å². The zero-order valence-electron chi connectivity index (χ0n) is 10.1. The summed E-state index contributed by atoms with van der Waals surface area (Å²) in [7, 11) is 1.99. The Hall–Kier alpha value is -1.03. The largest absolute Gasteiger partial charge is 0.363 e. The highest BCUT2D eigenvalue weighted by Crippen LogP contribution is 2.28. The Labute approximate surface area is 96.8 Å². The van der Waals surface area contributed by atoms with Crippen LogP contribution in [0.25, 0.3) is 0 Å². The second-order valence-corrected chi connectivity index (χ2v) is 5.16. The van der Waals surface area contributed by atoms with Crippen molar-refractivity contribution in [2.75, 3.05) is 24.5 Å². The first-order valence-electron chi connectivity index (χ1n) is 6.23. The minimum absolute atomic E-state index is 0.610. The predicted molar refractivity (Wildman–Crippen MR) is 64.6 cm³/mol. The van der Waals surface area contributed by atoms with Gasteiger partial charge in [-0.2, -0.15) is 5.10 Å². The fourth-order valence-electron chi connectivity index (χ4n) is 3.10. The van der Waals surface area contributed by atoms with Gasteiger partial charge in [0.2, 0.25) is 0 Å². The standard InChI is InChI=1S/C12H20N4/c1-10-7-15-5-3-4-11(15)9-16(10)12-6-13-14(2)8-12/h6,8,10-11H,3-5,7,9H2,1-2H3. The van der Waals surface area contributed by atoms with E-state index in [1.807, 2.05) is 17.9 Å². The molecule has 0 spiro atoms. The Kier molecular flexibility index (Phi) is 2.39. The van der Waals surface area contributed by atoms with Gasteiger partial charge in [-0.25, -0.2) is 0 Å². The summed E-state index contributed by atoms with van der Waals surface area (Å²) in [6.07, 6.45) is 6.85. The van der Waals surface area contributed by atoms with E-state index >= 15 is 0 Å². The quantitative estimate of drug-likeness (QED) is 0.708. The van der Waals surface area contributed by atoms with E-state index < -0.39 is 0 Å². The van der Waals surface area contributed by atoms with Crippen LogP contribution in [0.15, 0.2) is 12.4 Å². The summed E-state index contributed by atoms with van der Waals surface area (Å²) >= 11 is 0. The summed E-state index contributed by atoms with van der Waals surface area (Å²) in [5.74, 6) is 0. The first-order valence-corrected chi connectivity index (χ1v) is 6.23. The van der Waals surface area contributed by atoms with Crippen LogP contribution in [-0.2, 0) is 7.05 Å². The van der Waals surface area contributed by atoms with E-state index in [9.17, 15) is 0 Å². The number of hydrogen-bond donors (Lipinski definition) is 0.